The number of benzene rings is 1. The first-order chi connectivity index (χ1) is 7.26. The van der Waals surface area contributed by atoms with E-state index in [1.165, 1.54) is 18.4 Å². The average molecular weight is 205 g/mol. The van der Waals surface area contributed by atoms with Gasteiger partial charge in [-0.1, -0.05) is 18.2 Å². The molecular weight excluding hydrogens is 186 g/mol. The second kappa shape index (κ2) is 4.23. The van der Waals surface area contributed by atoms with E-state index < -0.39 is 0 Å². The van der Waals surface area contributed by atoms with Crippen LogP contribution in [0.25, 0.3) is 0 Å². The van der Waals surface area contributed by atoms with Gasteiger partial charge in [0, 0.05) is 6.54 Å². The van der Waals surface area contributed by atoms with Gasteiger partial charge in [0.15, 0.2) is 0 Å². The van der Waals surface area contributed by atoms with Crippen LogP contribution in [0.1, 0.15) is 31.2 Å². The van der Waals surface area contributed by atoms with Gasteiger partial charge in [0.05, 0.1) is 0 Å². The number of ether oxygens (including phenoxy) is 1. The summed E-state index contributed by atoms with van der Waals surface area (Å²) in [7, 11) is 0. The first-order valence-corrected chi connectivity index (χ1v) is 5.70. The molecule has 1 aromatic rings. The summed E-state index contributed by atoms with van der Waals surface area (Å²) >= 11 is 0. The van der Waals surface area contributed by atoms with Crippen molar-refractivity contribution in [3.8, 4) is 5.75 Å². The fourth-order valence-corrected chi connectivity index (χ4v) is 2.27. The van der Waals surface area contributed by atoms with Crippen LogP contribution < -0.4 is 10.5 Å². The molecule has 2 rings (SSSR count). The molecule has 15 heavy (non-hydrogen) atoms. The number of nitrogens with two attached hydrogens (primary N) is 1. The van der Waals surface area contributed by atoms with Crippen molar-refractivity contribution < 1.29 is 4.74 Å². The van der Waals surface area contributed by atoms with Crippen molar-refractivity contribution in [2.24, 2.45) is 5.73 Å². The Bertz CT molecular complexity index is 329. The standard InChI is InChI=1S/C13H19NO/c1-11-6-2-3-7-12(11)15-13(10-14)8-4-5-9-13/h2-3,6-7H,4-5,8-10,14H2,1H3. The van der Waals surface area contributed by atoms with Gasteiger partial charge >= 0.3 is 0 Å². The highest BCUT2D eigenvalue weighted by atomic mass is 16.5. The van der Waals surface area contributed by atoms with Crippen LogP contribution in [-0.4, -0.2) is 12.1 Å². The maximum Gasteiger partial charge on any atom is 0.123 e. The van der Waals surface area contributed by atoms with Crippen LogP contribution >= 0.6 is 0 Å². The van der Waals surface area contributed by atoms with Crippen LogP contribution in [0.3, 0.4) is 0 Å². The second-order valence-corrected chi connectivity index (χ2v) is 4.46. The lowest BCUT2D eigenvalue weighted by atomic mass is 10.0. The maximum atomic E-state index is 6.12. The Morgan fingerprint density at radius 3 is 2.53 bits per heavy atom. The molecule has 0 heterocycles. The molecule has 2 nitrogen and oxygen atoms in total. The molecule has 1 aliphatic rings. The van der Waals surface area contributed by atoms with Crippen LogP contribution in [0.4, 0.5) is 0 Å². The lowest BCUT2D eigenvalue weighted by Gasteiger charge is -2.29. The zero-order valence-electron chi connectivity index (χ0n) is 9.33. The SMILES string of the molecule is Cc1ccccc1OC1(CN)CCCC1. The molecule has 0 radical (unpaired) electrons. The van der Waals surface area contributed by atoms with Gasteiger partial charge in [0.2, 0.25) is 0 Å². The highest BCUT2D eigenvalue weighted by molar-refractivity contribution is 5.32. The molecule has 0 spiro atoms. The molecule has 0 aliphatic heterocycles. The minimum Gasteiger partial charge on any atom is -0.486 e. The number of rotatable bonds is 3. The predicted molar refractivity (Wildman–Crippen MR) is 62.1 cm³/mol. The van der Waals surface area contributed by atoms with Gasteiger partial charge in [-0.05, 0) is 44.2 Å². The summed E-state index contributed by atoms with van der Waals surface area (Å²) in [5.74, 6) is 0.991. The second-order valence-electron chi connectivity index (χ2n) is 4.46. The minimum absolute atomic E-state index is 0.0912. The van der Waals surface area contributed by atoms with E-state index in [4.69, 9.17) is 10.5 Å². The predicted octanol–water partition coefficient (Wildman–Crippen LogP) is 2.65. The third-order valence-electron chi connectivity index (χ3n) is 3.31. The van der Waals surface area contributed by atoms with E-state index in [1.54, 1.807) is 0 Å². The van der Waals surface area contributed by atoms with Crippen molar-refractivity contribution >= 4 is 0 Å². The molecule has 82 valence electrons. The Morgan fingerprint density at radius 2 is 1.93 bits per heavy atom. The van der Waals surface area contributed by atoms with Gasteiger partial charge in [-0.15, -0.1) is 0 Å². The summed E-state index contributed by atoms with van der Waals surface area (Å²) in [6.45, 7) is 2.70. The molecule has 0 saturated heterocycles. The third kappa shape index (κ3) is 2.15. The Hall–Kier alpha value is -1.02. The smallest absolute Gasteiger partial charge is 0.123 e. The molecule has 0 atom stereocenters. The van der Waals surface area contributed by atoms with Gasteiger partial charge in [-0.2, -0.15) is 0 Å². The largest absolute Gasteiger partial charge is 0.486 e. The van der Waals surface area contributed by atoms with Crippen LogP contribution in [0.15, 0.2) is 24.3 Å². The number of hydrogen-bond donors (Lipinski definition) is 1. The summed E-state index contributed by atoms with van der Waals surface area (Å²) in [6, 6.07) is 8.16. The van der Waals surface area contributed by atoms with Gasteiger partial charge in [0.25, 0.3) is 0 Å². The zero-order chi connectivity index (χ0) is 10.7. The molecule has 0 aromatic heterocycles. The lowest BCUT2D eigenvalue weighted by molar-refractivity contribution is 0.0844. The van der Waals surface area contributed by atoms with Gasteiger partial charge in [-0.3, -0.25) is 0 Å². The average Bonchev–Trinajstić information content (AvgIpc) is 2.71. The summed E-state index contributed by atoms with van der Waals surface area (Å²) < 4.78 is 6.12. The van der Waals surface area contributed by atoms with Crippen molar-refractivity contribution in [1.82, 2.24) is 0 Å². The fraction of sp³-hybridized carbons (Fsp3) is 0.538. The lowest BCUT2D eigenvalue weighted by Crippen LogP contribution is -2.41. The van der Waals surface area contributed by atoms with Gasteiger partial charge in [-0.25, -0.2) is 0 Å². The molecule has 2 heteroatoms. The molecule has 1 aromatic carbocycles. The van der Waals surface area contributed by atoms with Crippen LogP contribution in [-0.2, 0) is 0 Å². The van der Waals surface area contributed by atoms with E-state index in [-0.39, 0.29) is 5.60 Å². The maximum absolute atomic E-state index is 6.12. The van der Waals surface area contributed by atoms with Gasteiger partial charge in [0.1, 0.15) is 11.4 Å². The van der Waals surface area contributed by atoms with Crippen molar-refractivity contribution in [3.63, 3.8) is 0 Å². The van der Waals surface area contributed by atoms with Crippen LogP contribution in [0.2, 0.25) is 0 Å². The summed E-state index contributed by atoms with van der Waals surface area (Å²) in [5, 5.41) is 0. The molecule has 0 amide bonds. The molecule has 0 bridgehead atoms. The highest BCUT2D eigenvalue weighted by Crippen LogP contribution is 2.34. The zero-order valence-corrected chi connectivity index (χ0v) is 9.33. The Labute approximate surface area is 91.4 Å². The normalized spacial score (nSPS) is 19.1. The third-order valence-corrected chi connectivity index (χ3v) is 3.31. The Morgan fingerprint density at radius 1 is 1.27 bits per heavy atom. The quantitative estimate of drug-likeness (QED) is 0.823. The molecule has 1 fully saturated rings. The van der Waals surface area contributed by atoms with Gasteiger partial charge < -0.3 is 10.5 Å². The van der Waals surface area contributed by atoms with E-state index in [1.807, 2.05) is 18.2 Å². The number of para-hydroxylation sites is 1. The van der Waals surface area contributed by atoms with Crippen LogP contribution in [0, 0.1) is 6.92 Å². The fourth-order valence-electron chi connectivity index (χ4n) is 2.27. The van der Waals surface area contributed by atoms with Crippen molar-refractivity contribution in [1.29, 1.82) is 0 Å². The van der Waals surface area contributed by atoms with E-state index in [2.05, 4.69) is 13.0 Å². The summed E-state index contributed by atoms with van der Waals surface area (Å²) in [4.78, 5) is 0. The Kier molecular flexibility index (Phi) is 2.96. The topological polar surface area (TPSA) is 35.2 Å². The first kappa shape index (κ1) is 10.5. The van der Waals surface area contributed by atoms with Crippen LogP contribution in [0.5, 0.6) is 5.75 Å². The summed E-state index contributed by atoms with van der Waals surface area (Å²) in [6.07, 6.45) is 4.67. The van der Waals surface area contributed by atoms with E-state index in [0.29, 0.717) is 6.54 Å². The molecule has 0 unspecified atom stereocenters. The van der Waals surface area contributed by atoms with Crippen molar-refractivity contribution in [2.45, 2.75) is 38.2 Å². The summed E-state index contributed by atoms with van der Waals surface area (Å²) in [5.41, 5.74) is 6.94. The monoisotopic (exact) mass is 205 g/mol. The van der Waals surface area contributed by atoms with E-state index in [9.17, 15) is 0 Å². The van der Waals surface area contributed by atoms with Crippen molar-refractivity contribution in [2.75, 3.05) is 6.54 Å². The minimum atomic E-state index is -0.0912. The van der Waals surface area contributed by atoms with E-state index in [0.717, 1.165) is 18.6 Å². The molecular formula is C13H19NO. The molecule has 2 N–H and O–H groups in total. The number of aryl methyl sites for hydroxylation is 1. The Balaban J connectivity index is 2.16. The van der Waals surface area contributed by atoms with E-state index >= 15 is 0 Å². The highest BCUT2D eigenvalue weighted by Gasteiger charge is 2.34. The first-order valence-electron chi connectivity index (χ1n) is 5.70. The number of hydrogen-bond acceptors (Lipinski definition) is 2. The van der Waals surface area contributed by atoms with Crippen molar-refractivity contribution in [3.05, 3.63) is 29.8 Å². The molecule has 1 saturated carbocycles. The molecule has 1 aliphatic carbocycles.